The summed E-state index contributed by atoms with van der Waals surface area (Å²) >= 11 is 5.95. The van der Waals surface area contributed by atoms with Gasteiger partial charge in [-0.25, -0.2) is 13.4 Å². The molecule has 202 valence electrons. The van der Waals surface area contributed by atoms with Gasteiger partial charge in [-0.3, -0.25) is 0 Å². The quantitative estimate of drug-likeness (QED) is 0.364. The zero-order valence-electron chi connectivity index (χ0n) is 21.0. The number of methoxy groups -OCH3 is 3. The van der Waals surface area contributed by atoms with Crippen LogP contribution in [0.1, 0.15) is 16.7 Å². The molecule has 0 saturated heterocycles. The SMILES string of the molecule is COc1ccc(CN(Cc2ccc(O)cc2OC)S(=O)(=O)CC2N=C(c3ccc(Cl)cc3)ON2)c(OC)c1. The zero-order chi connectivity index (χ0) is 27.3. The number of phenols is 1. The number of aliphatic imine (C=N–C) groups is 1. The highest BCUT2D eigenvalue weighted by atomic mass is 35.5. The molecule has 0 bridgehead atoms. The number of sulfonamides is 1. The minimum Gasteiger partial charge on any atom is -0.508 e. The van der Waals surface area contributed by atoms with Gasteiger partial charge in [-0.15, -0.1) is 5.48 Å². The molecule has 0 aromatic heterocycles. The fourth-order valence-electron chi connectivity index (χ4n) is 3.90. The Bertz CT molecular complexity index is 1410. The first-order valence-electron chi connectivity index (χ1n) is 11.5. The molecule has 2 N–H and O–H groups in total. The molecule has 0 saturated carbocycles. The highest BCUT2D eigenvalue weighted by Crippen LogP contribution is 2.30. The molecule has 12 heteroatoms. The van der Waals surface area contributed by atoms with Gasteiger partial charge in [0.1, 0.15) is 28.8 Å². The molecule has 1 aliphatic heterocycles. The number of nitrogens with one attached hydrogen (secondary N) is 1. The standard InChI is InChI=1S/C26H28ClN3O7S/c1-34-22-11-7-19(24(13-22)36-3)15-30(14-18-6-10-21(31)12-23(18)35-2)38(32,33)16-25-28-26(37-29-25)17-4-8-20(27)9-5-17/h4-13,25,29,31H,14-16H2,1-3H3. The molecule has 10 nitrogen and oxygen atoms in total. The second kappa shape index (κ2) is 11.9. The van der Waals surface area contributed by atoms with Gasteiger partial charge in [-0.05, 0) is 36.4 Å². The van der Waals surface area contributed by atoms with Crippen molar-refractivity contribution in [2.75, 3.05) is 27.1 Å². The third-order valence-electron chi connectivity index (χ3n) is 5.88. The van der Waals surface area contributed by atoms with Crippen LogP contribution in [0.5, 0.6) is 23.0 Å². The summed E-state index contributed by atoms with van der Waals surface area (Å²) in [6.45, 7) is -0.0246. The van der Waals surface area contributed by atoms with Gasteiger partial charge < -0.3 is 24.2 Å². The van der Waals surface area contributed by atoms with Crippen LogP contribution in [0.2, 0.25) is 5.02 Å². The van der Waals surface area contributed by atoms with Crippen LogP contribution in [0.15, 0.2) is 65.7 Å². The van der Waals surface area contributed by atoms with Crippen LogP contribution in [0.25, 0.3) is 0 Å². The Kier molecular flexibility index (Phi) is 8.62. The van der Waals surface area contributed by atoms with E-state index in [9.17, 15) is 13.5 Å². The lowest BCUT2D eigenvalue weighted by atomic mass is 10.1. The summed E-state index contributed by atoms with van der Waals surface area (Å²) in [4.78, 5) is 9.86. The first-order chi connectivity index (χ1) is 18.2. The molecule has 1 atom stereocenters. The van der Waals surface area contributed by atoms with E-state index in [0.717, 1.165) is 0 Å². The van der Waals surface area contributed by atoms with E-state index in [4.69, 9.17) is 30.6 Å². The number of benzene rings is 3. The van der Waals surface area contributed by atoms with Crippen molar-refractivity contribution in [3.63, 3.8) is 0 Å². The molecule has 1 heterocycles. The highest BCUT2D eigenvalue weighted by Gasteiger charge is 2.31. The molecular weight excluding hydrogens is 534 g/mol. The van der Waals surface area contributed by atoms with Crippen LogP contribution in [0.3, 0.4) is 0 Å². The molecule has 0 fully saturated rings. The van der Waals surface area contributed by atoms with Crippen molar-refractivity contribution < 1.29 is 32.6 Å². The Morgan fingerprint density at radius 3 is 2.21 bits per heavy atom. The second-order valence-corrected chi connectivity index (χ2v) is 10.8. The summed E-state index contributed by atoms with van der Waals surface area (Å²) < 4.78 is 45.0. The monoisotopic (exact) mass is 561 g/mol. The zero-order valence-corrected chi connectivity index (χ0v) is 22.6. The average molecular weight is 562 g/mol. The van der Waals surface area contributed by atoms with Gasteiger partial charge in [0, 0.05) is 46.9 Å². The molecule has 1 aliphatic rings. The lowest BCUT2D eigenvalue weighted by Gasteiger charge is -2.25. The van der Waals surface area contributed by atoms with Crippen molar-refractivity contribution in [2.24, 2.45) is 4.99 Å². The fraction of sp³-hybridized carbons (Fsp3) is 0.269. The van der Waals surface area contributed by atoms with Crippen molar-refractivity contribution in [1.29, 1.82) is 0 Å². The second-order valence-electron chi connectivity index (χ2n) is 8.40. The molecule has 0 radical (unpaired) electrons. The number of hydrogen-bond acceptors (Lipinski definition) is 9. The lowest BCUT2D eigenvalue weighted by molar-refractivity contribution is 0.186. The molecule has 0 aliphatic carbocycles. The van der Waals surface area contributed by atoms with E-state index in [0.29, 0.717) is 39.0 Å². The summed E-state index contributed by atoms with van der Waals surface area (Å²) in [7, 11) is 0.569. The van der Waals surface area contributed by atoms with Crippen LogP contribution in [-0.4, -0.2) is 57.0 Å². The van der Waals surface area contributed by atoms with E-state index in [1.807, 2.05) is 0 Å². The predicted molar refractivity (Wildman–Crippen MR) is 143 cm³/mol. The van der Waals surface area contributed by atoms with Gasteiger partial charge in [0.05, 0.1) is 21.3 Å². The van der Waals surface area contributed by atoms with E-state index < -0.39 is 16.2 Å². The van der Waals surface area contributed by atoms with Crippen molar-refractivity contribution in [1.82, 2.24) is 9.79 Å². The van der Waals surface area contributed by atoms with E-state index >= 15 is 0 Å². The predicted octanol–water partition coefficient (Wildman–Crippen LogP) is 3.71. The lowest BCUT2D eigenvalue weighted by Crippen LogP contribution is -2.39. The minimum absolute atomic E-state index is 0.000858. The first kappa shape index (κ1) is 27.5. The summed E-state index contributed by atoms with van der Waals surface area (Å²) in [6, 6.07) is 16.6. The topological polar surface area (TPSA) is 119 Å². The summed E-state index contributed by atoms with van der Waals surface area (Å²) in [5.74, 6) is 1.32. The molecule has 0 amide bonds. The number of hydroxylamine groups is 1. The van der Waals surface area contributed by atoms with Crippen LogP contribution in [0, 0.1) is 0 Å². The molecule has 3 aromatic carbocycles. The molecule has 38 heavy (non-hydrogen) atoms. The number of phenolic OH excluding ortho intramolecular Hbond substituents is 1. The van der Waals surface area contributed by atoms with E-state index in [-0.39, 0.29) is 30.5 Å². The Morgan fingerprint density at radius 2 is 1.58 bits per heavy atom. The van der Waals surface area contributed by atoms with E-state index in [2.05, 4.69) is 10.5 Å². The maximum Gasteiger partial charge on any atom is 0.242 e. The van der Waals surface area contributed by atoms with Crippen LogP contribution in [-0.2, 0) is 28.0 Å². The Labute approximate surface area is 226 Å². The van der Waals surface area contributed by atoms with E-state index in [1.54, 1.807) is 48.5 Å². The number of aromatic hydroxyl groups is 1. The normalized spacial score (nSPS) is 15.2. The number of ether oxygens (including phenoxy) is 3. The molecular formula is C26H28ClN3O7S. The first-order valence-corrected chi connectivity index (χ1v) is 13.5. The maximum atomic E-state index is 13.8. The number of halogens is 1. The summed E-state index contributed by atoms with van der Waals surface area (Å²) in [5, 5.41) is 10.4. The Hall–Kier alpha value is -3.51. The molecule has 3 aromatic rings. The summed E-state index contributed by atoms with van der Waals surface area (Å²) in [6.07, 6.45) is -0.840. The van der Waals surface area contributed by atoms with Gasteiger partial charge in [0.25, 0.3) is 0 Å². The highest BCUT2D eigenvalue weighted by molar-refractivity contribution is 7.89. The number of nitrogens with zero attached hydrogens (tertiary/aromatic N) is 2. The largest absolute Gasteiger partial charge is 0.508 e. The van der Waals surface area contributed by atoms with Gasteiger partial charge >= 0.3 is 0 Å². The smallest absolute Gasteiger partial charge is 0.242 e. The average Bonchev–Trinajstić information content (AvgIpc) is 3.37. The molecule has 0 spiro atoms. The van der Waals surface area contributed by atoms with Crippen molar-refractivity contribution in [3.8, 4) is 23.0 Å². The molecule has 4 rings (SSSR count). The van der Waals surface area contributed by atoms with Crippen LogP contribution >= 0.6 is 11.6 Å². The van der Waals surface area contributed by atoms with Gasteiger partial charge in [0.15, 0.2) is 6.17 Å². The number of rotatable bonds is 11. The third kappa shape index (κ3) is 6.48. The molecule has 1 unspecified atom stereocenters. The van der Waals surface area contributed by atoms with Crippen molar-refractivity contribution >= 4 is 27.5 Å². The minimum atomic E-state index is -3.93. The van der Waals surface area contributed by atoms with Gasteiger partial charge in [-0.1, -0.05) is 23.7 Å². The fourth-order valence-corrected chi connectivity index (χ4v) is 5.45. The van der Waals surface area contributed by atoms with Crippen molar-refractivity contribution in [2.45, 2.75) is 19.3 Å². The maximum absolute atomic E-state index is 13.8. The van der Waals surface area contributed by atoms with Gasteiger partial charge in [-0.2, -0.15) is 4.31 Å². The van der Waals surface area contributed by atoms with Crippen LogP contribution in [0.4, 0.5) is 0 Å². The van der Waals surface area contributed by atoms with Crippen molar-refractivity contribution in [3.05, 3.63) is 82.4 Å². The van der Waals surface area contributed by atoms with Crippen LogP contribution < -0.4 is 19.7 Å². The number of hydrogen-bond donors (Lipinski definition) is 2. The Morgan fingerprint density at radius 1 is 0.947 bits per heavy atom. The van der Waals surface area contributed by atoms with Gasteiger partial charge in [0.2, 0.25) is 15.9 Å². The Balaban J connectivity index is 1.63. The summed E-state index contributed by atoms with van der Waals surface area (Å²) in [5.41, 5.74) is 4.55. The van der Waals surface area contributed by atoms with E-state index in [1.165, 1.54) is 37.8 Å². The third-order valence-corrected chi connectivity index (χ3v) is 7.91.